The van der Waals surface area contributed by atoms with Gasteiger partial charge in [0.05, 0.1) is 6.10 Å². The highest BCUT2D eigenvalue weighted by atomic mass is 32.1. The van der Waals surface area contributed by atoms with Crippen molar-refractivity contribution in [1.29, 1.82) is 21.6 Å². The maximum Gasteiger partial charge on any atom is 0.329 e. The third-order valence-corrected chi connectivity index (χ3v) is 17.6. The molecule has 2 unspecified atom stereocenters. The van der Waals surface area contributed by atoms with Gasteiger partial charge in [-0.3, -0.25) is 79.2 Å². The molecule has 0 saturated carbocycles. The number of hydrogen-bond donors (Lipinski definition) is 29. The molecule has 2 aromatic carbocycles. The van der Waals surface area contributed by atoms with E-state index >= 15 is 14.4 Å². The van der Waals surface area contributed by atoms with Crippen LogP contribution in [0.1, 0.15) is 116 Å². The number of nitrogens with two attached hydrogens (primary N) is 5. The fraction of sp³-hybridized carbons (Fsp3) is 0.544. The van der Waals surface area contributed by atoms with Crippen LogP contribution >= 0.6 is 25.3 Å². The van der Waals surface area contributed by atoms with Crippen LogP contribution in [-0.2, 0) is 75.2 Å². The van der Waals surface area contributed by atoms with E-state index < -0.39 is 185 Å². The molecule has 40 nitrogen and oxygen atoms in total. The number of aliphatic carboxylic acids is 1. The lowest BCUT2D eigenvalue weighted by molar-refractivity contribution is -0.148. The minimum atomic E-state index is -1.86. The molecule has 0 aliphatic rings. The summed E-state index contributed by atoms with van der Waals surface area (Å²) in [5, 5.41) is 90.6. The molecule has 0 saturated heterocycles. The Labute approximate surface area is 647 Å². The molecule has 12 atom stereocenters. The maximum atomic E-state index is 15.2. The molecule has 0 spiro atoms. The number of para-hydroxylation sites is 1. The van der Waals surface area contributed by atoms with Crippen LogP contribution in [0.3, 0.4) is 0 Å². The van der Waals surface area contributed by atoms with Gasteiger partial charge in [0.15, 0.2) is 23.8 Å². The lowest BCUT2D eigenvalue weighted by atomic mass is 9.90. The number of carboxylic acids is 1. The molecule has 608 valence electrons. The topological polar surface area (TPSA) is 684 Å². The first-order valence-corrected chi connectivity index (χ1v) is 36.8. The van der Waals surface area contributed by atoms with E-state index in [0.29, 0.717) is 22.0 Å². The van der Waals surface area contributed by atoms with Crippen molar-refractivity contribution in [2.24, 2.45) is 34.6 Å². The van der Waals surface area contributed by atoms with Crippen LogP contribution in [0.5, 0.6) is 0 Å². The number of benzene rings is 2. The summed E-state index contributed by atoms with van der Waals surface area (Å²) in [6.45, 7) is 7.20. The van der Waals surface area contributed by atoms with Gasteiger partial charge in [-0.1, -0.05) is 62.4 Å². The predicted octanol–water partition coefficient (Wildman–Crippen LogP) is -5.61. The molecule has 12 amide bonds. The van der Waals surface area contributed by atoms with Gasteiger partial charge in [0.25, 0.3) is 0 Å². The average Bonchev–Trinajstić information content (AvgIpc) is 1.61. The second-order valence-corrected chi connectivity index (χ2v) is 27.5. The smallest absolute Gasteiger partial charge is 0.329 e. The Morgan fingerprint density at radius 2 is 0.818 bits per heavy atom. The standard InChI is InChI=1S/C68H109N25O15S2/c1-35(2)31-68(5,63(107)108)93-61(105)45(22-14-28-81-67(76)77)88-62(106)52(36(3)94)92-60(104)50(34-110)91-56(100)46(23-24-51(69)96)87-58(102)48(30-39-32-82-41-18-10-9-17-40(39)41)90-57(101)47(29-38-15-7-6-8-16-38)89-55(99)44(21-13-27-80-66(74)75)85-53(97)42(19-11-25-78-64(70)71)84-54(98)43(20-12-26-79-65(72)73)86-59(103)49(33-109)83-37(4)95/h6-10,15-18,32,35-36,42-50,52,82,94,109-110H,11-14,19-31,33-34H2,1-5H3,(H2,69,96)(H,83,95)(H,84,98)(H,85,97)(H,86,103)(H,87,102)(H,88,106)(H,89,99)(H,90,101)(H,91,100)(H,92,104)(H,93,105)(H,107,108)(H4,70,71,78)(H4,72,73,79)(H4,74,75,80)(H4,76,77,81)/t36-,42+,43+,44+,45+,46+,47+,48+,49+,50+,52?,68?/m1/s1. The molecule has 3 rings (SSSR count). The van der Waals surface area contributed by atoms with Crippen molar-refractivity contribution < 1.29 is 72.5 Å². The van der Waals surface area contributed by atoms with Gasteiger partial charge < -0.3 is 124 Å². The van der Waals surface area contributed by atoms with Crippen molar-refractivity contribution in [3.8, 4) is 0 Å². The molecule has 42 heteroatoms. The summed E-state index contributed by atoms with van der Waals surface area (Å²) in [6.07, 6.45) is -2.11. The van der Waals surface area contributed by atoms with Crippen LogP contribution in [0.25, 0.3) is 10.9 Å². The molecule has 1 heterocycles. The lowest BCUT2D eigenvalue weighted by Gasteiger charge is -2.31. The average molecular weight is 1580 g/mol. The Balaban J connectivity index is 2.11. The van der Waals surface area contributed by atoms with Crippen LogP contribution in [0.4, 0.5) is 0 Å². The first kappa shape index (κ1) is 93.0. The monoisotopic (exact) mass is 1580 g/mol. The van der Waals surface area contributed by atoms with Gasteiger partial charge >= 0.3 is 5.97 Å². The zero-order chi connectivity index (χ0) is 82.4. The van der Waals surface area contributed by atoms with Crippen LogP contribution in [0, 0.1) is 27.6 Å². The quantitative estimate of drug-likeness (QED) is 0.0108. The number of primary amides is 1. The molecule has 110 heavy (non-hydrogen) atoms. The molecule has 32 N–H and O–H groups in total. The van der Waals surface area contributed by atoms with E-state index in [0.717, 1.165) is 6.92 Å². The van der Waals surface area contributed by atoms with Crippen molar-refractivity contribution in [3.63, 3.8) is 0 Å². The Morgan fingerprint density at radius 1 is 0.464 bits per heavy atom. The number of aliphatic hydroxyl groups is 1. The van der Waals surface area contributed by atoms with Crippen molar-refractivity contribution in [2.45, 2.75) is 190 Å². The van der Waals surface area contributed by atoms with E-state index in [4.69, 9.17) is 50.3 Å². The van der Waals surface area contributed by atoms with Crippen molar-refractivity contribution in [1.82, 2.24) is 84.7 Å². The highest BCUT2D eigenvalue weighted by Crippen LogP contribution is 2.21. The van der Waals surface area contributed by atoms with Gasteiger partial charge in [-0.05, 0) is 101 Å². The highest BCUT2D eigenvalue weighted by molar-refractivity contribution is 7.80. The van der Waals surface area contributed by atoms with Gasteiger partial charge in [-0.25, -0.2) is 4.79 Å². The first-order valence-electron chi connectivity index (χ1n) is 35.5. The third kappa shape index (κ3) is 34.0. The largest absolute Gasteiger partial charge is 0.480 e. The normalized spacial score (nSPS) is 14.6. The Hall–Kier alpha value is -11.2. The fourth-order valence-electron chi connectivity index (χ4n) is 11.4. The van der Waals surface area contributed by atoms with E-state index in [-0.39, 0.29) is 114 Å². The number of hydrogen-bond acceptors (Lipinski definition) is 20. The summed E-state index contributed by atoms with van der Waals surface area (Å²) < 4.78 is 0. The maximum absolute atomic E-state index is 15.2. The number of nitrogens with one attached hydrogen (secondary N) is 20. The number of fused-ring (bicyclic) bond motifs is 1. The minimum Gasteiger partial charge on any atom is -0.480 e. The highest BCUT2D eigenvalue weighted by Gasteiger charge is 2.40. The second-order valence-electron chi connectivity index (χ2n) is 26.7. The number of thiol groups is 2. The number of amides is 12. The zero-order valence-electron chi connectivity index (χ0n) is 62.1. The van der Waals surface area contributed by atoms with Crippen LogP contribution in [0.2, 0.25) is 0 Å². The van der Waals surface area contributed by atoms with Crippen molar-refractivity contribution >= 4 is 137 Å². The van der Waals surface area contributed by atoms with Gasteiger partial charge in [-0.2, -0.15) is 25.3 Å². The van der Waals surface area contributed by atoms with E-state index in [1.807, 2.05) is 0 Å². The van der Waals surface area contributed by atoms with Crippen molar-refractivity contribution in [2.75, 3.05) is 37.7 Å². The number of aliphatic hydroxyl groups excluding tert-OH is 1. The lowest BCUT2D eigenvalue weighted by Crippen LogP contribution is -2.63. The summed E-state index contributed by atoms with van der Waals surface area (Å²) in [7, 11) is 0. The Kier molecular flexibility index (Phi) is 40.3. The zero-order valence-corrected chi connectivity index (χ0v) is 63.9. The SMILES string of the molecule is CC(=O)N[C@@H](CS)C(=O)N[C@@H](CCCNC(=N)N)C(=O)N[C@@H](CCCNC(=N)N)C(=O)N[C@@H](CCCNC(=N)N)C(=O)N[C@@H](Cc1ccccc1)C(=O)N[C@@H](Cc1c[nH]c2ccccc12)C(=O)N[C@@H](CCC(N)=O)C(=O)N[C@@H](CS)C(=O)NC(C(=O)N[C@@H](CCCNC(=N)N)C(=O)NC(C)(CC(C)C)C(=O)O)[C@@H](C)O. The van der Waals surface area contributed by atoms with E-state index in [1.165, 1.54) is 13.8 Å². The minimum absolute atomic E-state index is 0.00900. The number of H-pyrrole nitrogens is 1. The van der Waals surface area contributed by atoms with Crippen LogP contribution in [-0.4, -0.2) is 226 Å². The van der Waals surface area contributed by atoms with E-state index in [1.54, 1.807) is 74.6 Å². The Morgan fingerprint density at radius 3 is 1.22 bits per heavy atom. The predicted molar refractivity (Wildman–Crippen MR) is 415 cm³/mol. The van der Waals surface area contributed by atoms with Gasteiger partial charge in [0.1, 0.15) is 66.0 Å². The number of carbonyl (C=O) groups excluding carboxylic acids is 12. The number of rotatable bonds is 50. The van der Waals surface area contributed by atoms with Crippen LogP contribution < -0.4 is 108 Å². The molecule has 0 aliphatic heterocycles. The molecule has 0 aliphatic carbocycles. The summed E-state index contributed by atoms with van der Waals surface area (Å²) in [4.78, 5) is 185. The molecule has 0 bridgehead atoms. The third-order valence-electron chi connectivity index (χ3n) is 16.9. The fourth-order valence-corrected chi connectivity index (χ4v) is 11.9. The summed E-state index contributed by atoms with van der Waals surface area (Å²) in [5.74, 6) is -15.4. The second kappa shape index (κ2) is 47.6. The number of aromatic amines is 1. The Bertz CT molecular complexity index is 3680. The van der Waals surface area contributed by atoms with Crippen LogP contribution in [0.15, 0.2) is 60.8 Å². The van der Waals surface area contributed by atoms with Gasteiger partial charge in [-0.15, -0.1) is 0 Å². The summed E-state index contributed by atoms with van der Waals surface area (Å²) in [6, 6.07) is -0.467. The van der Waals surface area contributed by atoms with E-state index in [9.17, 15) is 58.2 Å². The van der Waals surface area contributed by atoms with E-state index in [2.05, 4.69) is 110 Å². The number of guanidine groups is 4. The molecule has 0 fully saturated rings. The number of carbonyl (C=O) groups is 13. The summed E-state index contributed by atoms with van der Waals surface area (Å²) >= 11 is 8.44. The molecule has 0 radical (unpaired) electrons. The van der Waals surface area contributed by atoms with Gasteiger partial charge in [0, 0.05) is 81.0 Å². The number of aromatic nitrogens is 1. The molecule has 3 aromatic rings. The molecular formula is C68H109N25O15S2. The molecule has 1 aromatic heterocycles. The molecular weight excluding hydrogens is 1470 g/mol. The van der Waals surface area contributed by atoms with Gasteiger partial charge in [0.2, 0.25) is 70.9 Å². The summed E-state index contributed by atoms with van der Waals surface area (Å²) in [5.41, 5.74) is 27.3. The first-order chi connectivity index (χ1) is 51.9. The number of carboxylic acid groups (broad SMARTS) is 1. The van der Waals surface area contributed by atoms with Crippen molar-refractivity contribution in [3.05, 3.63) is 71.9 Å².